The van der Waals surface area contributed by atoms with E-state index in [9.17, 15) is 9.59 Å². The number of benzene rings is 1. The second kappa shape index (κ2) is 12.3. The fourth-order valence-electron chi connectivity index (χ4n) is 3.34. The summed E-state index contributed by atoms with van der Waals surface area (Å²) >= 11 is 0. The second-order valence-electron chi connectivity index (χ2n) is 7.14. The van der Waals surface area contributed by atoms with Crippen LogP contribution in [0.15, 0.2) is 42.5 Å². The third-order valence-corrected chi connectivity index (χ3v) is 5.01. The molecule has 0 aromatic heterocycles. The highest BCUT2D eigenvalue weighted by Crippen LogP contribution is 2.28. The zero-order valence-electron chi connectivity index (χ0n) is 16.4. The second-order valence-corrected chi connectivity index (χ2v) is 7.14. The van der Waals surface area contributed by atoms with Gasteiger partial charge in [0.15, 0.2) is 0 Å². The van der Waals surface area contributed by atoms with Crippen LogP contribution in [0.1, 0.15) is 57.4 Å². The van der Waals surface area contributed by atoms with Crippen molar-refractivity contribution in [3.63, 3.8) is 0 Å². The van der Waals surface area contributed by atoms with E-state index in [0.717, 1.165) is 18.4 Å². The largest absolute Gasteiger partial charge is 0.465 e. The van der Waals surface area contributed by atoms with Crippen LogP contribution in [0.3, 0.4) is 0 Å². The number of hydrogen-bond acceptors (Lipinski definition) is 4. The molecule has 0 saturated heterocycles. The van der Waals surface area contributed by atoms with Gasteiger partial charge in [0.2, 0.25) is 0 Å². The summed E-state index contributed by atoms with van der Waals surface area (Å²) in [5.74, 6) is -1.41. The SMILES string of the molecule is CCCCCCCOC(=O)C1CC=CCC1C(=O)OCCc1ccccc1. The molecule has 0 amide bonds. The van der Waals surface area contributed by atoms with E-state index in [2.05, 4.69) is 6.92 Å². The summed E-state index contributed by atoms with van der Waals surface area (Å²) in [6.07, 6.45) is 11.3. The maximum absolute atomic E-state index is 12.5. The van der Waals surface area contributed by atoms with Gasteiger partial charge in [-0.05, 0) is 24.8 Å². The number of carbonyl (C=O) groups is 2. The first-order valence-corrected chi connectivity index (χ1v) is 10.2. The number of ether oxygens (including phenoxy) is 2. The predicted molar refractivity (Wildman–Crippen MR) is 106 cm³/mol. The first kappa shape index (κ1) is 21.2. The van der Waals surface area contributed by atoms with Crippen molar-refractivity contribution < 1.29 is 19.1 Å². The van der Waals surface area contributed by atoms with Gasteiger partial charge in [-0.2, -0.15) is 0 Å². The molecule has 1 aliphatic rings. The molecular weight excluding hydrogens is 340 g/mol. The molecule has 2 unspecified atom stereocenters. The molecule has 0 fully saturated rings. The van der Waals surface area contributed by atoms with E-state index in [1.54, 1.807) is 0 Å². The Morgan fingerprint density at radius 1 is 0.852 bits per heavy atom. The van der Waals surface area contributed by atoms with E-state index >= 15 is 0 Å². The van der Waals surface area contributed by atoms with Gasteiger partial charge in [-0.1, -0.05) is 75.1 Å². The van der Waals surface area contributed by atoms with E-state index in [1.165, 1.54) is 19.3 Å². The zero-order valence-corrected chi connectivity index (χ0v) is 16.4. The van der Waals surface area contributed by atoms with Crippen molar-refractivity contribution in [2.75, 3.05) is 13.2 Å². The maximum atomic E-state index is 12.5. The average molecular weight is 373 g/mol. The minimum atomic E-state index is -0.432. The molecule has 0 heterocycles. The van der Waals surface area contributed by atoms with Gasteiger partial charge in [-0.15, -0.1) is 0 Å². The number of carbonyl (C=O) groups excluding carboxylic acids is 2. The Kier molecular flexibility index (Phi) is 9.67. The van der Waals surface area contributed by atoms with Crippen LogP contribution in [0.25, 0.3) is 0 Å². The molecule has 1 aliphatic carbocycles. The highest BCUT2D eigenvalue weighted by atomic mass is 16.5. The predicted octanol–water partition coefficient (Wildman–Crippen LogP) is 4.87. The van der Waals surface area contributed by atoms with Crippen molar-refractivity contribution in [3.8, 4) is 0 Å². The summed E-state index contributed by atoms with van der Waals surface area (Å²) in [5, 5.41) is 0. The van der Waals surface area contributed by atoms with Crippen LogP contribution in [0.4, 0.5) is 0 Å². The lowest BCUT2D eigenvalue weighted by atomic mass is 9.83. The number of rotatable bonds is 11. The van der Waals surface area contributed by atoms with Crippen molar-refractivity contribution in [3.05, 3.63) is 48.0 Å². The fraction of sp³-hybridized carbons (Fsp3) is 0.565. The summed E-state index contributed by atoms with van der Waals surface area (Å²) in [5.41, 5.74) is 1.13. The lowest BCUT2D eigenvalue weighted by Gasteiger charge is -2.25. The molecule has 148 valence electrons. The van der Waals surface area contributed by atoms with Crippen LogP contribution in [0, 0.1) is 11.8 Å². The Bertz CT molecular complexity index is 594. The molecule has 0 bridgehead atoms. The fourth-order valence-corrected chi connectivity index (χ4v) is 3.34. The zero-order chi connectivity index (χ0) is 19.3. The average Bonchev–Trinajstić information content (AvgIpc) is 2.71. The summed E-state index contributed by atoms with van der Waals surface area (Å²) in [6, 6.07) is 9.92. The quantitative estimate of drug-likeness (QED) is 0.316. The maximum Gasteiger partial charge on any atom is 0.310 e. The lowest BCUT2D eigenvalue weighted by Crippen LogP contribution is -2.34. The molecule has 0 spiro atoms. The van der Waals surface area contributed by atoms with Gasteiger partial charge in [-0.25, -0.2) is 0 Å². The molecule has 0 radical (unpaired) electrons. The number of allylic oxidation sites excluding steroid dienone is 2. The van der Waals surface area contributed by atoms with Gasteiger partial charge in [0.25, 0.3) is 0 Å². The molecule has 27 heavy (non-hydrogen) atoms. The van der Waals surface area contributed by atoms with Crippen molar-refractivity contribution >= 4 is 11.9 Å². The molecule has 2 atom stereocenters. The molecule has 0 saturated carbocycles. The normalized spacial score (nSPS) is 18.9. The highest BCUT2D eigenvalue weighted by Gasteiger charge is 2.36. The van der Waals surface area contributed by atoms with E-state index < -0.39 is 11.8 Å². The highest BCUT2D eigenvalue weighted by molar-refractivity contribution is 5.82. The molecule has 4 heteroatoms. The number of unbranched alkanes of at least 4 members (excludes halogenated alkanes) is 4. The summed E-state index contributed by atoms with van der Waals surface area (Å²) < 4.78 is 10.9. The third kappa shape index (κ3) is 7.58. The molecule has 0 aliphatic heterocycles. The smallest absolute Gasteiger partial charge is 0.310 e. The van der Waals surface area contributed by atoms with Crippen LogP contribution in [0.5, 0.6) is 0 Å². The van der Waals surface area contributed by atoms with Crippen molar-refractivity contribution in [2.24, 2.45) is 11.8 Å². The lowest BCUT2D eigenvalue weighted by molar-refractivity contribution is -0.161. The molecule has 1 aromatic rings. The van der Waals surface area contributed by atoms with E-state index in [1.807, 2.05) is 42.5 Å². The van der Waals surface area contributed by atoms with Gasteiger partial charge >= 0.3 is 11.9 Å². The Hall–Kier alpha value is -2.10. The van der Waals surface area contributed by atoms with E-state index in [0.29, 0.717) is 32.5 Å². The first-order chi connectivity index (χ1) is 13.2. The van der Waals surface area contributed by atoms with E-state index in [4.69, 9.17) is 9.47 Å². The summed E-state index contributed by atoms with van der Waals surface area (Å²) in [7, 11) is 0. The van der Waals surface area contributed by atoms with Crippen LogP contribution < -0.4 is 0 Å². The van der Waals surface area contributed by atoms with Gasteiger partial charge in [-0.3, -0.25) is 9.59 Å². The Labute approximate surface area is 162 Å². The molecule has 1 aromatic carbocycles. The summed E-state index contributed by atoms with van der Waals surface area (Å²) in [6.45, 7) is 2.95. The Morgan fingerprint density at radius 2 is 1.44 bits per heavy atom. The van der Waals surface area contributed by atoms with Crippen molar-refractivity contribution in [2.45, 2.75) is 58.3 Å². The Balaban J connectivity index is 1.75. The summed E-state index contributed by atoms with van der Waals surface area (Å²) in [4.78, 5) is 24.9. The molecule has 2 rings (SSSR count). The van der Waals surface area contributed by atoms with E-state index in [-0.39, 0.29) is 11.9 Å². The topological polar surface area (TPSA) is 52.6 Å². The van der Waals surface area contributed by atoms with Crippen molar-refractivity contribution in [1.29, 1.82) is 0 Å². The van der Waals surface area contributed by atoms with Gasteiger partial charge in [0.1, 0.15) is 0 Å². The standard InChI is InChI=1S/C23H32O4/c1-2-3-4-5-11-17-26-22(24)20-14-9-10-15-21(20)23(25)27-18-16-19-12-7-6-8-13-19/h6-10,12-13,20-21H,2-5,11,14-18H2,1H3. The van der Waals surface area contributed by atoms with Gasteiger partial charge in [0, 0.05) is 6.42 Å². The minimum Gasteiger partial charge on any atom is -0.465 e. The van der Waals surface area contributed by atoms with Gasteiger partial charge in [0.05, 0.1) is 25.0 Å². The third-order valence-electron chi connectivity index (χ3n) is 5.01. The number of hydrogen-bond donors (Lipinski definition) is 0. The number of esters is 2. The van der Waals surface area contributed by atoms with Gasteiger partial charge < -0.3 is 9.47 Å². The molecule has 0 N–H and O–H groups in total. The monoisotopic (exact) mass is 372 g/mol. The van der Waals surface area contributed by atoms with Crippen LogP contribution >= 0.6 is 0 Å². The van der Waals surface area contributed by atoms with Crippen LogP contribution in [-0.2, 0) is 25.5 Å². The van der Waals surface area contributed by atoms with Crippen molar-refractivity contribution in [1.82, 2.24) is 0 Å². The van der Waals surface area contributed by atoms with Crippen LogP contribution in [-0.4, -0.2) is 25.2 Å². The molecule has 4 nitrogen and oxygen atoms in total. The molecular formula is C23H32O4. The minimum absolute atomic E-state index is 0.264. The Morgan fingerprint density at radius 3 is 2.07 bits per heavy atom. The first-order valence-electron chi connectivity index (χ1n) is 10.2. The van der Waals surface area contributed by atoms with Crippen LogP contribution in [0.2, 0.25) is 0 Å².